The van der Waals surface area contributed by atoms with Gasteiger partial charge in [-0.3, -0.25) is 4.79 Å². The summed E-state index contributed by atoms with van der Waals surface area (Å²) in [5.41, 5.74) is 1.09. The zero-order valence-corrected chi connectivity index (χ0v) is 17.4. The average Bonchev–Trinajstić information content (AvgIpc) is 2.66. The lowest BCUT2D eigenvalue weighted by molar-refractivity contribution is -0.118. The normalized spacial score (nSPS) is 14.8. The second kappa shape index (κ2) is 10.6. The number of hydrogen-bond donors (Lipinski definition) is 1. The lowest BCUT2D eigenvalue weighted by atomic mass is 10.00. The topological polar surface area (TPSA) is 50.8 Å². The summed E-state index contributed by atoms with van der Waals surface area (Å²) in [4.78, 5) is 14.3. The van der Waals surface area contributed by atoms with Crippen LogP contribution in [0.25, 0.3) is 0 Å². The third-order valence-electron chi connectivity index (χ3n) is 4.55. The van der Waals surface area contributed by atoms with E-state index in [1.807, 2.05) is 18.2 Å². The number of ether oxygens (including phenoxy) is 2. The minimum Gasteiger partial charge on any atom is -0.493 e. The summed E-state index contributed by atoms with van der Waals surface area (Å²) in [6.45, 7) is 4.88. The van der Waals surface area contributed by atoms with E-state index in [1.165, 1.54) is 24.6 Å². The van der Waals surface area contributed by atoms with Gasteiger partial charge < -0.3 is 19.7 Å². The van der Waals surface area contributed by atoms with E-state index in [2.05, 4.69) is 17.1 Å². The molecule has 1 N–H and O–H groups in total. The van der Waals surface area contributed by atoms with E-state index in [0.29, 0.717) is 23.8 Å². The number of nitrogens with one attached hydrogen (secondary N) is 1. The maximum absolute atomic E-state index is 12.0. The molecule has 1 fully saturated rings. The molecule has 0 bridgehead atoms. The van der Waals surface area contributed by atoms with Crippen molar-refractivity contribution in [2.75, 3.05) is 39.6 Å². The van der Waals surface area contributed by atoms with Crippen molar-refractivity contribution < 1.29 is 14.3 Å². The molecule has 0 unspecified atom stereocenters. The first kappa shape index (κ1) is 20.8. The predicted octanol–water partition coefficient (Wildman–Crippen LogP) is 3.11. The highest BCUT2D eigenvalue weighted by molar-refractivity contribution is 8.23. The molecule has 0 aromatic heterocycles. The summed E-state index contributed by atoms with van der Waals surface area (Å²) in [5.74, 6) is 2.57. The molecule has 1 saturated heterocycles. The van der Waals surface area contributed by atoms with Crippen LogP contribution in [0.3, 0.4) is 0 Å². The fourth-order valence-electron chi connectivity index (χ4n) is 2.84. The van der Waals surface area contributed by atoms with Crippen LogP contribution in [0.4, 0.5) is 0 Å². The lowest BCUT2D eigenvalue weighted by Gasteiger charge is -2.31. The van der Waals surface area contributed by atoms with E-state index in [9.17, 15) is 4.79 Å². The predicted molar refractivity (Wildman–Crippen MR) is 111 cm³/mol. The van der Waals surface area contributed by atoms with Gasteiger partial charge in [0, 0.05) is 19.6 Å². The van der Waals surface area contributed by atoms with Gasteiger partial charge in [0.1, 0.15) is 4.32 Å². The van der Waals surface area contributed by atoms with Gasteiger partial charge in [-0.2, -0.15) is 0 Å². The number of thioether (sulfide) groups is 1. The summed E-state index contributed by atoms with van der Waals surface area (Å²) in [5, 5.41) is 2.95. The monoisotopic (exact) mass is 396 g/mol. The third kappa shape index (κ3) is 6.36. The van der Waals surface area contributed by atoms with Crippen LogP contribution in [0.1, 0.15) is 25.3 Å². The molecule has 1 amide bonds. The van der Waals surface area contributed by atoms with Gasteiger partial charge in [0.2, 0.25) is 5.91 Å². The molecule has 1 aromatic carbocycles. The molecule has 1 aliphatic heterocycles. The van der Waals surface area contributed by atoms with Crippen molar-refractivity contribution in [3.63, 3.8) is 0 Å². The molecule has 1 aliphatic rings. The Labute approximate surface area is 165 Å². The third-order valence-corrected chi connectivity index (χ3v) is 6.08. The van der Waals surface area contributed by atoms with Crippen LogP contribution in [-0.4, -0.2) is 54.7 Å². The van der Waals surface area contributed by atoms with Crippen molar-refractivity contribution in [1.29, 1.82) is 0 Å². The minimum atomic E-state index is 0.0169. The van der Waals surface area contributed by atoms with Crippen LogP contribution in [0.5, 0.6) is 11.5 Å². The molecule has 2 rings (SSSR count). The second-order valence-corrected chi connectivity index (χ2v) is 8.12. The van der Waals surface area contributed by atoms with Crippen molar-refractivity contribution in [1.82, 2.24) is 10.2 Å². The molecule has 5 nitrogen and oxygen atoms in total. The summed E-state index contributed by atoms with van der Waals surface area (Å²) in [7, 11) is 3.23. The Morgan fingerprint density at radius 1 is 1.27 bits per heavy atom. The first-order valence-electron chi connectivity index (χ1n) is 8.92. The molecule has 0 atom stereocenters. The molecule has 1 heterocycles. The zero-order valence-electron chi connectivity index (χ0n) is 15.7. The Morgan fingerprint density at radius 3 is 2.62 bits per heavy atom. The van der Waals surface area contributed by atoms with Crippen LogP contribution in [0.2, 0.25) is 0 Å². The summed E-state index contributed by atoms with van der Waals surface area (Å²) in [6, 6.07) is 5.80. The van der Waals surface area contributed by atoms with E-state index >= 15 is 0 Å². The molecule has 144 valence electrons. The van der Waals surface area contributed by atoms with Gasteiger partial charge in [-0.25, -0.2) is 0 Å². The molecule has 0 saturated carbocycles. The number of rotatable bonds is 7. The summed E-state index contributed by atoms with van der Waals surface area (Å²) >= 11 is 6.91. The van der Waals surface area contributed by atoms with Crippen molar-refractivity contribution >= 4 is 34.2 Å². The van der Waals surface area contributed by atoms with E-state index in [0.717, 1.165) is 35.3 Å². The molecule has 1 aromatic rings. The first-order chi connectivity index (χ1) is 12.5. The zero-order chi connectivity index (χ0) is 18.9. The number of carbonyl (C=O) groups is 1. The van der Waals surface area contributed by atoms with E-state index < -0.39 is 0 Å². The lowest BCUT2D eigenvalue weighted by Crippen LogP contribution is -2.36. The first-order valence-corrected chi connectivity index (χ1v) is 10.3. The highest BCUT2D eigenvalue weighted by Crippen LogP contribution is 2.27. The number of methoxy groups -OCH3 is 2. The SMILES string of the molecule is COc1ccc(CCNC(=O)CSC(=S)N2CCC(C)CC2)cc1OC. The fraction of sp³-hybridized carbons (Fsp3) is 0.579. The van der Waals surface area contributed by atoms with E-state index in [4.69, 9.17) is 21.7 Å². The number of piperidine rings is 1. The van der Waals surface area contributed by atoms with Crippen LogP contribution < -0.4 is 14.8 Å². The van der Waals surface area contributed by atoms with Crippen LogP contribution >= 0.6 is 24.0 Å². The highest BCUT2D eigenvalue weighted by Gasteiger charge is 2.18. The molecule has 26 heavy (non-hydrogen) atoms. The fourth-order valence-corrected chi connectivity index (χ4v) is 3.92. The number of likely N-dealkylation sites (tertiary alicyclic amines) is 1. The maximum atomic E-state index is 12.0. The second-order valence-electron chi connectivity index (χ2n) is 6.51. The van der Waals surface area contributed by atoms with Gasteiger partial charge in [0.15, 0.2) is 11.5 Å². The Morgan fingerprint density at radius 2 is 1.96 bits per heavy atom. The Bertz CT molecular complexity index is 617. The van der Waals surface area contributed by atoms with Crippen molar-refractivity contribution in [2.45, 2.75) is 26.2 Å². The Kier molecular flexibility index (Phi) is 8.51. The quantitative estimate of drug-likeness (QED) is 0.715. The van der Waals surface area contributed by atoms with Gasteiger partial charge in [-0.15, -0.1) is 0 Å². The molecule has 0 aliphatic carbocycles. The number of carbonyl (C=O) groups excluding carboxylic acids is 1. The van der Waals surface area contributed by atoms with Crippen molar-refractivity contribution in [3.8, 4) is 11.5 Å². The number of hydrogen-bond acceptors (Lipinski definition) is 5. The van der Waals surface area contributed by atoms with E-state index in [1.54, 1.807) is 14.2 Å². The summed E-state index contributed by atoms with van der Waals surface area (Å²) < 4.78 is 11.4. The largest absolute Gasteiger partial charge is 0.493 e. The Balaban J connectivity index is 1.68. The number of nitrogens with zero attached hydrogens (tertiary/aromatic N) is 1. The molecular formula is C19H28N2O3S2. The van der Waals surface area contributed by atoms with Crippen LogP contribution in [0.15, 0.2) is 18.2 Å². The van der Waals surface area contributed by atoms with Gasteiger partial charge in [0.05, 0.1) is 20.0 Å². The van der Waals surface area contributed by atoms with Crippen molar-refractivity contribution in [2.24, 2.45) is 5.92 Å². The minimum absolute atomic E-state index is 0.0169. The Hall–Kier alpha value is -1.47. The van der Waals surface area contributed by atoms with Gasteiger partial charge in [-0.05, 0) is 42.9 Å². The van der Waals surface area contributed by atoms with Gasteiger partial charge in [0.25, 0.3) is 0 Å². The van der Waals surface area contributed by atoms with Crippen molar-refractivity contribution in [3.05, 3.63) is 23.8 Å². The number of thiocarbonyl (C=S) groups is 1. The van der Waals surface area contributed by atoms with Gasteiger partial charge >= 0.3 is 0 Å². The van der Waals surface area contributed by atoms with Crippen LogP contribution in [-0.2, 0) is 11.2 Å². The smallest absolute Gasteiger partial charge is 0.230 e. The molecule has 0 radical (unpaired) electrons. The maximum Gasteiger partial charge on any atom is 0.230 e. The summed E-state index contributed by atoms with van der Waals surface area (Å²) in [6.07, 6.45) is 3.10. The van der Waals surface area contributed by atoms with Crippen LogP contribution in [0, 0.1) is 5.92 Å². The molecule has 0 spiro atoms. The highest BCUT2D eigenvalue weighted by atomic mass is 32.2. The molecule has 7 heteroatoms. The van der Waals surface area contributed by atoms with E-state index in [-0.39, 0.29) is 5.91 Å². The standard InChI is InChI=1S/C19H28N2O3S2/c1-14-7-10-21(11-8-14)19(25)26-13-18(22)20-9-6-15-4-5-16(23-2)17(12-15)24-3/h4-5,12,14H,6-11,13H2,1-3H3,(H,20,22). The van der Waals surface area contributed by atoms with Gasteiger partial charge in [-0.1, -0.05) is 37.0 Å². The molecular weight excluding hydrogens is 368 g/mol. The number of amides is 1. The average molecular weight is 397 g/mol. The number of benzene rings is 1.